The number of allylic oxidation sites excluding steroid dienone is 4. The fourth-order valence-electron chi connectivity index (χ4n) is 3.62. The Balaban J connectivity index is 0. The largest absolute Gasteiger partial charge is 0.412 e. The van der Waals surface area contributed by atoms with E-state index < -0.39 is 0 Å². The van der Waals surface area contributed by atoms with E-state index in [0.717, 1.165) is 54.3 Å². The predicted octanol–water partition coefficient (Wildman–Crippen LogP) is 3.06. The highest BCUT2D eigenvalue weighted by molar-refractivity contribution is 7.99. The van der Waals surface area contributed by atoms with Crippen LogP contribution in [-0.4, -0.2) is 50.1 Å². The maximum atomic E-state index is 9.39. The first-order valence-electron chi connectivity index (χ1n) is 10.2. The van der Waals surface area contributed by atoms with Crippen molar-refractivity contribution in [3.63, 3.8) is 0 Å². The van der Waals surface area contributed by atoms with Gasteiger partial charge in [-0.05, 0) is 50.5 Å². The van der Waals surface area contributed by atoms with Crippen LogP contribution in [0.1, 0.15) is 72.2 Å². The number of hydrogen-bond acceptors (Lipinski definition) is 7. The van der Waals surface area contributed by atoms with Gasteiger partial charge in [0.25, 0.3) is 0 Å². The van der Waals surface area contributed by atoms with Crippen LogP contribution in [0.25, 0.3) is 5.57 Å². The number of rotatable bonds is 7. The van der Waals surface area contributed by atoms with Gasteiger partial charge in [-0.25, -0.2) is 9.97 Å². The van der Waals surface area contributed by atoms with Crippen molar-refractivity contribution in [2.75, 3.05) is 18.2 Å². The third-order valence-corrected chi connectivity index (χ3v) is 6.64. The zero-order valence-electron chi connectivity index (χ0n) is 18.5. The molecule has 0 unspecified atom stereocenters. The molecule has 8 N–H and O–H groups in total. The van der Waals surface area contributed by atoms with Crippen molar-refractivity contribution in [1.29, 1.82) is 0 Å². The van der Waals surface area contributed by atoms with Gasteiger partial charge in [0, 0.05) is 19.2 Å². The van der Waals surface area contributed by atoms with Crippen LogP contribution in [0.5, 0.6) is 0 Å². The Morgan fingerprint density at radius 3 is 2.33 bits per heavy atom. The summed E-state index contributed by atoms with van der Waals surface area (Å²) in [7, 11) is 0. The molecule has 1 saturated carbocycles. The molecule has 0 radical (unpaired) electrons. The van der Waals surface area contributed by atoms with Crippen LogP contribution in [0.4, 0.5) is 5.82 Å². The molecule has 1 atom stereocenters. The molecule has 1 aromatic heterocycles. The van der Waals surface area contributed by atoms with Crippen LogP contribution in [0.15, 0.2) is 23.9 Å². The van der Waals surface area contributed by atoms with Crippen LogP contribution < -0.4 is 10.8 Å². The Labute approximate surface area is 185 Å². The normalized spacial score (nSPS) is 17.8. The Bertz CT molecular complexity index is 713. The lowest BCUT2D eigenvalue weighted by Gasteiger charge is -2.27. The lowest BCUT2D eigenvalue weighted by Crippen LogP contribution is -2.24. The molecule has 0 aromatic carbocycles. The average molecular weight is 445 g/mol. The lowest BCUT2D eigenvalue weighted by molar-refractivity contribution is 0.196. The average Bonchev–Trinajstić information content (AvgIpc) is 3.25. The van der Waals surface area contributed by atoms with Gasteiger partial charge < -0.3 is 21.4 Å². The number of hydrogen-bond donors (Lipinski definition) is 4. The number of anilines is 1. The number of nitrogens with zero attached hydrogens (tertiary/aromatic N) is 2. The predicted molar refractivity (Wildman–Crippen MR) is 127 cm³/mol. The van der Waals surface area contributed by atoms with Crippen molar-refractivity contribution in [3.8, 4) is 0 Å². The highest BCUT2D eigenvalue weighted by Crippen LogP contribution is 2.48. The van der Waals surface area contributed by atoms with E-state index in [4.69, 9.17) is 15.2 Å². The molecule has 2 aliphatic rings. The van der Waals surface area contributed by atoms with Gasteiger partial charge in [-0.15, -0.1) is 0 Å². The monoisotopic (exact) mass is 444 g/mol. The summed E-state index contributed by atoms with van der Waals surface area (Å²) in [5.74, 6) is 1.51. The summed E-state index contributed by atoms with van der Waals surface area (Å²) in [5, 5.41) is 21.7. The smallest absolute Gasteiger partial charge is 0.157 e. The zero-order valence-corrected chi connectivity index (χ0v) is 19.3. The summed E-state index contributed by atoms with van der Waals surface area (Å²) in [6, 6.07) is 1.99. The van der Waals surface area contributed by atoms with Crippen LogP contribution in [-0.2, 0) is 4.75 Å². The number of nitrogens with one attached hydrogen (secondary N) is 2. The summed E-state index contributed by atoms with van der Waals surface area (Å²) < 4.78 is 0.0550. The van der Waals surface area contributed by atoms with Gasteiger partial charge in [0.15, 0.2) is 5.82 Å². The van der Waals surface area contributed by atoms with E-state index >= 15 is 0 Å². The number of hydroxylamine groups is 1. The Kier molecular flexibility index (Phi) is 12.9. The van der Waals surface area contributed by atoms with E-state index in [2.05, 4.69) is 23.1 Å². The number of aliphatic hydroxyl groups excluding tert-OH is 1. The molecule has 8 nitrogen and oxygen atoms in total. The second-order valence-corrected chi connectivity index (χ2v) is 8.28. The molecule has 0 saturated heterocycles. The van der Waals surface area contributed by atoms with Crippen molar-refractivity contribution >= 4 is 23.2 Å². The Morgan fingerprint density at radius 2 is 1.83 bits per heavy atom. The number of aliphatic hydroxyl groups is 1. The molecule has 1 aromatic rings. The van der Waals surface area contributed by atoms with Crippen molar-refractivity contribution in [3.05, 3.63) is 35.4 Å². The first-order chi connectivity index (χ1) is 13.6. The molecule has 3 rings (SSSR count). The van der Waals surface area contributed by atoms with Crippen LogP contribution in [0.2, 0.25) is 0 Å². The van der Waals surface area contributed by atoms with E-state index in [9.17, 15) is 5.11 Å². The SMILES string of the molecule is CC.CSC1(c2cc(N[C@@H](C)CO)nc(C3=CC=C(NO)CC3)n2)CCCC1.O.O.[HH]. The minimum absolute atomic E-state index is 0. The number of aromatic nitrogens is 2. The molecular formula is C21H40N4O4S. The van der Waals surface area contributed by atoms with E-state index in [-0.39, 0.29) is 29.8 Å². The molecule has 1 fully saturated rings. The highest BCUT2D eigenvalue weighted by atomic mass is 32.2. The van der Waals surface area contributed by atoms with Crippen LogP contribution >= 0.6 is 11.8 Å². The zero-order chi connectivity index (χ0) is 20.6. The fraction of sp³-hybridized carbons (Fsp3) is 0.619. The van der Waals surface area contributed by atoms with Crippen molar-refractivity contribution < 1.29 is 22.7 Å². The highest BCUT2D eigenvalue weighted by Gasteiger charge is 2.37. The fourth-order valence-corrected chi connectivity index (χ4v) is 4.63. The molecule has 0 aliphatic heterocycles. The quantitative estimate of drug-likeness (QED) is 0.471. The summed E-state index contributed by atoms with van der Waals surface area (Å²) >= 11 is 1.88. The van der Waals surface area contributed by atoms with Gasteiger partial charge in [-0.2, -0.15) is 11.8 Å². The first-order valence-corrected chi connectivity index (χ1v) is 11.4. The van der Waals surface area contributed by atoms with Gasteiger partial charge in [-0.1, -0.05) is 32.8 Å². The third-order valence-electron chi connectivity index (χ3n) is 5.24. The maximum Gasteiger partial charge on any atom is 0.157 e. The van der Waals surface area contributed by atoms with E-state index in [1.165, 1.54) is 12.8 Å². The standard InChI is InChI=1S/C19H28N4O2S.C2H6.2H2O.H2/c1-13(12-24)20-17-11-16(19(26-2)9-3-4-10-19)21-18(22-17)14-5-7-15(23-25)8-6-14;1-2;;;/h5,7,11,13,23-25H,3-4,6,8-10,12H2,1-2H3,(H,20,21,22);1-2H3;2*1H2;1H/t13-;;;;/m0..../s1. The topological polar surface area (TPSA) is 153 Å². The Morgan fingerprint density at radius 1 is 1.17 bits per heavy atom. The first kappa shape index (κ1) is 28.4. The van der Waals surface area contributed by atoms with Gasteiger partial charge in [0.05, 0.1) is 17.0 Å². The van der Waals surface area contributed by atoms with E-state index in [1.54, 1.807) is 0 Å². The Hall–Kier alpha value is -1.65. The summed E-state index contributed by atoms with van der Waals surface area (Å²) in [6.07, 6.45) is 12.3. The van der Waals surface area contributed by atoms with Crippen molar-refractivity contribution in [2.24, 2.45) is 0 Å². The van der Waals surface area contributed by atoms with Crippen molar-refractivity contribution in [2.45, 2.75) is 70.1 Å². The van der Waals surface area contributed by atoms with Gasteiger partial charge in [-0.3, -0.25) is 10.7 Å². The molecule has 0 spiro atoms. The lowest BCUT2D eigenvalue weighted by atomic mass is 9.99. The van der Waals surface area contributed by atoms with Gasteiger partial charge in [0.2, 0.25) is 0 Å². The molecule has 0 amide bonds. The van der Waals surface area contributed by atoms with Crippen LogP contribution in [0.3, 0.4) is 0 Å². The minimum atomic E-state index is -0.0650. The van der Waals surface area contributed by atoms with Gasteiger partial charge >= 0.3 is 0 Å². The second-order valence-electron chi connectivity index (χ2n) is 7.09. The van der Waals surface area contributed by atoms with Crippen LogP contribution in [0, 0.1) is 0 Å². The van der Waals surface area contributed by atoms with E-state index in [0.29, 0.717) is 0 Å². The third kappa shape index (κ3) is 6.68. The molecule has 30 heavy (non-hydrogen) atoms. The van der Waals surface area contributed by atoms with E-state index in [1.807, 2.05) is 44.7 Å². The summed E-state index contributed by atoms with van der Waals surface area (Å²) in [4.78, 5) is 9.66. The summed E-state index contributed by atoms with van der Waals surface area (Å²) in [6.45, 7) is 5.99. The maximum absolute atomic E-state index is 9.39. The molecule has 1 heterocycles. The molecule has 2 aliphatic carbocycles. The molecule has 0 bridgehead atoms. The van der Waals surface area contributed by atoms with Gasteiger partial charge in [0.1, 0.15) is 5.82 Å². The minimum Gasteiger partial charge on any atom is -0.412 e. The molecular weight excluding hydrogens is 404 g/mol. The summed E-state index contributed by atoms with van der Waals surface area (Å²) in [5.41, 5.74) is 5.17. The number of thioether (sulfide) groups is 1. The second kappa shape index (κ2) is 13.6. The molecule has 9 heteroatoms. The molecule has 174 valence electrons. The van der Waals surface area contributed by atoms with Crippen molar-refractivity contribution in [1.82, 2.24) is 15.4 Å².